The van der Waals surface area contributed by atoms with Gasteiger partial charge >= 0.3 is 0 Å². The summed E-state index contributed by atoms with van der Waals surface area (Å²) in [6.07, 6.45) is 0. The third kappa shape index (κ3) is 4.73. The SMILES string of the molecule is CCOc1cccc(/C(O)=C2\C(=O)C(=O)N(c3ccc(F)c(Cl)c3)C2c2ccc(C(C)(C)C)cc2)c1. The lowest BCUT2D eigenvalue weighted by molar-refractivity contribution is -0.132. The molecule has 1 heterocycles. The first-order valence-electron chi connectivity index (χ1n) is 11.6. The van der Waals surface area contributed by atoms with Gasteiger partial charge in [-0.3, -0.25) is 14.5 Å². The Kier molecular flexibility index (Phi) is 6.92. The molecule has 3 aromatic rings. The van der Waals surface area contributed by atoms with E-state index < -0.39 is 23.5 Å². The highest BCUT2D eigenvalue weighted by atomic mass is 35.5. The third-order valence-corrected chi connectivity index (χ3v) is 6.43. The van der Waals surface area contributed by atoms with Crippen LogP contribution in [-0.4, -0.2) is 23.4 Å². The van der Waals surface area contributed by atoms with Crippen molar-refractivity contribution < 1.29 is 23.8 Å². The van der Waals surface area contributed by atoms with Crippen molar-refractivity contribution in [1.29, 1.82) is 0 Å². The summed E-state index contributed by atoms with van der Waals surface area (Å²) in [5.41, 5.74) is 2.09. The number of ether oxygens (including phenoxy) is 1. The monoisotopic (exact) mass is 507 g/mol. The molecule has 4 rings (SSSR count). The molecule has 0 aliphatic carbocycles. The predicted molar refractivity (Wildman–Crippen MR) is 139 cm³/mol. The maximum atomic E-state index is 13.9. The normalized spacial score (nSPS) is 17.5. The van der Waals surface area contributed by atoms with E-state index >= 15 is 0 Å². The molecule has 1 amide bonds. The van der Waals surface area contributed by atoms with Crippen molar-refractivity contribution in [3.63, 3.8) is 0 Å². The molecule has 0 spiro atoms. The molecule has 0 saturated carbocycles. The predicted octanol–water partition coefficient (Wildman–Crippen LogP) is 6.80. The molecular formula is C29H27ClFNO4. The van der Waals surface area contributed by atoms with E-state index in [1.165, 1.54) is 17.0 Å². The van der Waals surface area contributed by atoms with Crippen LogP contribution in [0.2, 0.25) is 5.02 Å². The quantitative estimate of drug-likeness (QED) is 0.234. The van der Waals surface area contributed by atoms with Crippen molar-refractivity contribution >= 4 is 34.7 Å². The number of Topliss-reactive ketones (excluding diaryl/α,β-unsaturated/α-hetero) is 1. The van der Waals surface area contributed by atoms with E-state index in [4.69, 9.17) is 16.3 Å². The van der Waals surface area contributed by atoms with Gasteiger partial charge in [0.25, 0.3) is 11.7 Å². The van der Waals surface area contributed by atoms with E-state index in [1.54, 1.807) is 24.3 Å². The summed E-state index contributed by atoms with van der Waals surface area (Å²) in [5, 5.41) is 11.1. The van der Waals surface area contributed by atoms with Crippen molar-refractivity contribution in [2.75, 3.05) is 11.5 Å². The lowest BCUT2D eigenvalue weighted by Gasteiger charge is -2.27. The first-order valence-corrected chi connectivity index (χ1v) is 12.0. The molecule has 5 nitrogen and oxygen atoms in total. The van der Waals surface area contributed by atoms with Gasteiger partial charge in [-0.1, -0.05) is 68.8 Å². The van der Waals surface area contributed by atoms with E-state index in [0.29, 0.717) is 23.5 Å². The van der Waals surface area contributed by atoms with Crippen LogP contribution in [0.25, 0.3) is 5.76 Å². The molecule has 0 aromatic heterocycles. The van der Waals surface area contributed by atoms with Gasteiger partial charge in [0.2, 0.25) is 0 Å². The van der Waals surface area contributed by atoms with Gasteiger partial charge in [-0.2, -0.15) is 0 Å². The topological polar surface area (TPSA) is 66.8 Å². The molecule has 36 heavy (non-hydrogen) atoms. The van der Waals surface area contributed by atoms with Crippen LogP contribution in [0.15, 0.2) is 72.3 Å². The lowest BCUT2D eigenvalue weighted by atomic mass is 9.85. The Bertz CT molecular complexity index is 1360. The molecule has 1 fully saturated rings. The second-order valence-electron chi connectivity index (χ2n) is 9.60. The maximum absolute atomic E-state index is 13.9. The number of aliphatic hydroxyl groups excluding tert-OH is 1. The summed E-state index contributed by atoms with van der Waals surface area (Å²) in [6.45, 7) is 8.52. The Labute approximate surface area is 214 Å². The third-order valence-electron chi connectivity index (χ3n) is 6.14. The van der Waals surface area contributed by atoms with Crippen LogP contribution >= 0.6 is 11.6 Å². The van der Waals surface area contributed by atoms with Crippen molar-refractivity contribution in [3.8, 4) is 5.75 Å². The number of halogens is 2. The van der Waals surface area contributed by atoms with Crippen molar-refractivity contribution in [2.45, 2.75) is 39.2 Å². The number of rotatable bonds is 5. The number of amides is 1. The minimum Gasteiger partial charge on any atom is -0.507 e. The first-order chi connectivity index (χ1) is 17.0. The van der Waals surface area contributed by atoms with Gasteiger partial charge in [0.1, 0.15) is 17.3 Å². The van der Waals surface area contributed by atoms with Gasteiger partial charge in [0.15, 0.2) is 0 Å². The standard InChI is InChI=1S/C29H27ClFNO4/c1-5-36-21-8-6-7-18(15-21)26(33)24-25(17-9-11-19(12-10-17)29(2,3)4)32(28(35)27(24)34)20-13-14-23(31)22(30)16-20/h6-16,25,33H,5H2,1-4H3/b26-24+. The molecule has 1 unspecified atom stereocenters. The Balaban J connectivity index is 1.93. The molecule has 3 aromatic carbocycles. The molecule has 1 aliphatic rings. The number of aliphatic hydroxyl groups is 1. The van der Waals surface area contributed by atoms with E-state index in [1.807, 2.05) is 31.2 Å². The number of carbonyl (C=O) groups excluding carboxylic acids is 2. The van der Waals surface area contributed by atoms with Crippen molar-refractivity contribution in [1.82, 2.24) is 0 Å². The smallest absolute Gasteiger partial charge is 0.300 e. The summed E-state index contributed by atoms with van der Waals surface area (Å²) in [4.78, 5) is 27.9. The number of carbonyl (C=O) groups is 2. The molecular weight excluding hydrogens is 481 g/mol. The first kappa shape index (κ1) is 25.5. The minimum absolute atomic E-state index is 0.0717. The fourth-order valence-corrected chi connectivity index (χ4v) is 4.44. The van der Waals surface area contributed by atoms with Gasteiger partial charge < -0.3 is 9.84 Å². The number of hydrogen-bond donors (Lipinski definition) is 1. The van der Waals surface area contributed by atoms with Crippen LogP contribution in [0, 0.1) is 5.82 Å². The number of ketones is 1. The number of hydrogen-bond acceptors (Lipinski definition) is 4. The highest BCUT2D eigenvalue weighted by molar-refractivity contribution is 6.51. The Morgan fingerprint density at radius 3 is 2.36 bits per heavy atom. The zero-order chi connectivity index (χ0) is 26.2. The number of benzene rings is 3. The van der Waals surface area contributed by atoms with Crippen LogP contribution in [0.3, 0.4) is 0 Å². The molecule has 0 bridgehead atoms. The Morgan fingerprint density at radius 2 is 1.75 bits per heavy atom. The Hall–Kier alpha value is -3.64. The number of anilines is 1. The van der Waals surface area contributed by atoms with Crippen LogP contribution in [-0.2, 0) is 15.0 Å². The zero-order valence-electron chi connectivity index (χ0n) is 20.5. The van der Waals surface area contributed by atoms with Gasteiger partial charge in [-0.05, 0) is 53.8 Å². The van der Waals surface area contributed by atoms with Crippen LogP contribution in [0.5, 0.6) is 5.75 Å². The highest BCUT2D eigenvalue weighted by Gasteiger charge is 2.47. The van der Waals surface area contributed by atoms with Crippen LogP contribution in [0.4, 0.5) is 10.1 Å². The zero-order valence-corrected chi connectivity index (χ0v) is 21.3. The average Bonchev–Trinajstić information content (AvgIpc) is 3.11. The van der Waals surface area contributed by atoms with Crippen LogP contribution < -0.4 is 9.64 Å². The highest BCUT2D eigenvalue weighted by Crippen LogP contribution is 2.43. The summed E-state index contributed by atoms with van der Waals surface area (Å²) in [5.74, 6) is -2.14. The molecule has 186 valence electrons. The van der Waals surface area contributed by atoms with Gasteiger partial charge in [-0.15, -0.1) is 0 Å². The second-order valence-corrected chi connectivity index (χ2v) is 10.0. The largest absolute Gasteiger partial charge is 0.507 e. The maximum Gasteiger partial charge on any atom is 0.300 e. The van der Waals surface area contributed by atoms with Gasteiger partial charge in [-0.25, -0.2) is 4.39 Å². The fraction of sp³-hybridized carbons (Fsp3) is 0.241. The molecule has 1 atom stereocenters. The van der Waals surface area contributed by atoms with E-state index in [9.17, 15) is 19.1 Å². The van der Waals surface area contributed by atoms with E-state index in [-0.39, 0.29) is 27.5 Å². The minimum atomic E-state index is -0.948. The van der Waals surface area contributed by atoms with Crippen molar-refractivity contribution in [2.24, 2.45) is 0 Å². The van der Waals surface area contributed by atoms with Crippen LogP contribution in [0.1, 0.15) is 50.4 Å². The average molecular weight is 508 g/mol. The molecule has 1 aliphatic heterocycles. The summed E-state index contributed by atoms with van der Waals surface area (Å²) < 4.78 is 19.4. The van der Waals surface area contributed by atoms with E-state index in [0.717, 1.165) is 11.6 Å². The van der Waals surface area contributed by atoms with Crippen molar-refractivity contribution in [3.05, 3.63) is 99.8 Å². The number of nitrogens with zero attached hydrogens (tertiary/aromatic N) is 1. The fourth-order valence-electron chi connectivity index (χ4n) is 4.27. The van der Waals surface area contributed by atoms with Gasteiger partial charge in [0, 0.05) is 11.3 Å². The summed E-state index contributed by atoms with van der Waals surface area (Å²) >= 11 is 6.01. The molecule has 0 radical (unpaired) electrons. The van der Waals surface area contributed by atoms with E-state index in [2.05, 4.69) is 20.8 Å². The summed E-state index contributed by atoms with van der Waals surface area (Å²) in [7, 11) is 0. The molecule has 7 heteroatoms. The lowest BCUT2D eigenvalue weighted by Crippen LogP contribution is -2.29. The second kappa shape index (κ2) is 9.78. The summed E-state index contributed by atoms with van der Waals surface area (Å²) in [6, 6.07) is 17.1. The molecule has 1 N–H and O–H groups in total. The Morgan fingerprint density at radius 1 is 1.06 bits per heavy atom. The van der Waals surface area contributed by atoms with Gasteiger partial charge in [0.05, 0.1) is 23.2 Å². The molecule has 1 saturated heterocycles.